The number of thiazole rings is 1. The lowest BCUT2D eigenvalue weighted by Crippen LogP contribution is -2.51. The highest BCUT2D eigenvalue weighted by atomic mass is 32.1. The maximum atomic E-state index is 12.3. The minimum Gasteiger partial charge on any atom is -0.382 e. The van der Waals surface area contributed by atoms with E-state index in [1.54, 1.807) is 0 Å². The normalized spacial score (nSPS) is 23.1. The molecule has 1 fully saturated rings. The standard InChI is InChI=1S/C12H20N4O2S/c1-3-14-11-15-9(13)8(19-11)10(17)16-12(2)5-4-6-18-7-12/h3-7,13H2,1-2H3,(H,14,15)(H,16,17). The molecule has 1 aromatic heterocycles. The average molecular weight is 284 g/mol. The van der Waals surface area contributed by atoms with Gasteiger partial charge in [0.05, 0.1) is 12.1 Å². The van der Waals surface area contributed by atoms with Crippen molar-refractivity contribution in [3.05, 3.63) is 4.88 Å². The van der Waals surface area contributed by atoms with E-state index in [-0.39, 0.29) is 17.3 Å². The highest BCUT2D eigenvalue weighted by molar-refractivity contribution is 7.18. The van der Waals surface area contributed by atoms with Gasteiger partial charge in [-0.05, 0) is 26.7 Å². The first-order valence-electron chi connectivity index (χ1n) is 6.44. The first kappa shape index (κ1) is 14.1. The van der Waals surface area contributed by atoms with E-state index in [9.17, 15) is 4.79 Å². The molecule has 0 aromatic carbocycles. The third-order valence-corrected chi connectivity index (χ3v) is 4.07. The number of ether oxygens (including phenoxy) is 1. The van der Waals surface area contributed by atoms with Gasteiger partial charge < -0.3 is 21.1 Å². The van der Waals surface area contributed by atoms with Gasteiger partial charge in [-0.1, -0.05) is 11.3 Å². The highest BCUT2D eigenvalue weighted by Crippen LogP contribution is 2.26. The van der Waals surface area contributed by atoms with E-state index in [1.807, 2.05) is 13.8 Å². The number of hydrogen-bond acceptors (Lipinski definition) is 6. The van der Waals surface area contributed by atoms with Crippen molar-refractivity contribution in [2.75, 3.05) is 30.8 Å². The van der Waals surface area contributed by atoms with Crippen LogP contribution in [0, 0.1) is 0 Å². The molecule has 1 saturated heterocycles. The summed E-state index contributed by atoms with van der Waals surface area (Å²) in [5, 5.41) is 6.74. The molecular weight excluding hydrogens is 264 g/mol. The number of hydrogen-bond donors (Lipinski definition) is 3. The van der Waals surface area contributed by atoms with Gasteiger partial charge in [0.2, 0.25) is 0 Å². The van der Waals surface area contributed by atoms with Gasteiger partial charge in [-0.15, -0.1) is 0 Å². The second kappa shape index (κ2) is 5.75. The van der Waals surface area contributed by atoms with Gasteiger partial charge >= 0.3 is 0 Å². The Balaban J connectivity index is 2.06. The first-order valence-corrected chi connectivity index (χ1v) is 7.26. The van der Waals surface area contributed by atoms with Crippen molar-refractivity contribution in [1.29, 1.82) is 0 Å². The van der Waals surface area contributed by atoms with E-state index in [2.05, 4.69) is 15.6 Å². The van der Waals surface area contributed by atoms with Crippen LogP contribution < -0.4 is 16.4 Å². The second-order valence-corrected chi connectivity index (χ2v) is 5.93. The zero-order chi connectivity index (χ0) is 13.9. The van der Waals surface area contributed by atoms with Crippen LogP contribution in [0.4, 0.5) is 10.9 Å². The Morgan fingerprint density at radius 2 is 2.42 bits per heavy atom. The maximum Gasteiger partial charge on any atom is 0.265 e. The molecule has 0 bridgehead atoms. The van der Waals surface area contributed by atoms with Gasteiger partial charge in [0.1, 0.15) is 10.7 Å². The number of aromatic nitrogens is 1. The number of nitrogens with one attached hydrogen (secondary N) is 2. The zero-order valence-electron chi connectivity index (χ0n) is 11.3. The molecule has 0 aliphatic carbocycles. The van der Waals surface area contributed by atoms with E-state index < -0.39 is 0 Å². The molecule has 1 aliphatic heterocycles. The van der Waals surface area contributed by atoms with Crippen LogP contribution in [-0.2, 0) is 4.74 Å². The van der Waals surface area contributed by atoms with Crippen molar-refractivity contribution in [3.8, 4) is 0 Å². The molecule has 1 amide bonds. The fourth-order valence-electron chi connectivity index (χ4n) is 2.08. The minimum atomic E-state index is -0.315. The number of amides is 1. The molecule has 4 N–H and O–H groups in total. The van der Waals surface area contributed by atoms with Crippen LogP contribution in [0.25, 0.3) is 0 Å². The maximum absolute atomic E-state index is 12.3. The summed E-state index contributed by atoms with van der Waals surface area (Å²) in [6.45, 7) is 6.01. The molecule has 6 nitrogen and oxygen atoms in total. The number of nitrogens with zero attached hydrogens (tertiary/aromatic N) is 1. The van der Waals surface area contributed by atoms with E-state index in [1.165, 1.54) is 11.3 Å². The molecule has 1 aliphatic rings. The number of nitrogens with two attached hydrogens (primary N) is 1. The Morgan fingerprint density at radius 3 is 3.05 bits per heavy atom. The van der Waals surface area contributed by atoms with Crippen molar-refractivity contribution in [2.24, 2.45) is 0 Å². The van der Waals surface area contributed by atoms with Crippen molar-refractivity contribution in [3.63, 3.8) is 0 Å². The second-order valence-electron chi connectivity index (χ2n) is 4.93. The van der Waals surface area contributed by atoms with Gasteiger partial charge in [0.25, 0.3) is 5.91 Å². The lowest BCUT2D eigenvalue weighted by atomic mass is 9.95. The van der Waals surface area contributed by atoms with Crippen LogP contribution in [0.15, 0.2) is 0 Å². The zero-order valence-corrected chi connectivity index (χ0v) is 12.1. The topological polar surface area (TPSA) is 89.3 Å². The predicted octanol–water partition coefficient (Wildman–Crippen LogP) is 1.46. The predicted molar refractivity (Wildman–Crippen MR) is 76.6 cm³/mol. The summed E-state index contributed by atoms with van der Waals surface area (Å²) in [4.78, 5) is 16.8. The molecule has 2 rings (SSSR count). The van der Waals surface area contributed by atoms with Gasteiger partial charge in [-0.25, -0.2) is 4.98 Å². The summed E-state index contributed by atoms with van der Waals surface area (Å²) < 4.78 is 5.43. The molecule has 1 unspecified atom stereocenters. The lowest BCUT2D eigenvalue weighted by Gasteiger charge is -2.34. The third-order valence-electron chi connectivity index (χ3n) is 3.04. The SMILES string of the molecule is CCNc1nc(N)c(C(=O)NC2(C)CCCOC2)s1. The summed E-state index contributed by atoms with van der Waals surface area (Å²) in [5.74, 6) is 0.103. The Morgan fingerprint density at radius 1 is 1.63 bits per heavy atom. The van der Waals surface area contributed by atoms with Crippen molar-refractivity contribution in [1.82, 2.24) is 10.3 Å². The number of carbonyl (C=O) groups excluding carboxylic acids is 1. The van der Waals surface area contributed by atoms with E-state index >= 15 is 0 Å². The monoisotopic (exact) mass is 284 g/mol. The van der Waals surface area contributed by atoms with Crippen molar-refractivity contribution < 1.29 is 9.53 Å². The first-order chi connectivity index (χ1) is 9.04. The van der Waals surface area contributed by atoms with Crippen LogP contribution in [0.3, 0.4) is 0 Å². The van der Waals surface area contributed by atoms with Crippen LogP contribution >= 0.6 is 11.3 Å². The Hall–Kier alpha value is -1.34. The van der Waals surface area contributed by atoms with Gasteiger partial charge in [0.15, 0.2) is 5.13 Å². The fourth-order valence-corrected chi connectivity index (χ4v) is 2.93. The molecule has 0 spiro atoms. The summed E-state index contributed by atoms with van der Waals surface area (Å²) in [6, 6.07) is 0. The molecule has 0 radical (unpaired) electrons. The van der Waals surface area contributed by atoms with Crippen LogP contribution in [0.5, 0.6) is 0 Å². The fraction of sp³-hybridized carbons (Fsp3) is 0.667. The third kappa shape index (κ3) is 3.36. The largest absolute Gasteiger partial charge is 0.382 e. The summed E-state index contributed by atoms with van der Waals surface area (Å²) >= 11 is 1.28. The quantitative estimate of drug-likeness (QED) is 0.779. The van der Waals surface area contributed by atoms with Crippen LogP contribution in [-0.4, -0.2) is 36.2 Å². The summed E-state index contributed by atoms with van der Waals surface area (Å²) in [6.07, 6.45) is 1.87. The van der Waals surface area contributed by atoms with E-state index in [0.29, 0.717) is 16.6 Å². The molecular formula is C12H20N4O2S. The molecule has 19 heavy (non-hydrogen) atoms. The molecule has 0 saturated carbocycles. The number of nitrogen functional groups attached to an aromatic ring is 1. The number of rotatable bonds is 4. The van der Waals surface area contributed by atoms with Crippen LogP contribution in [0.2, 0.25) is 0 Å². The highest BCUT2D eigenvalue weighted by Gasteiger charge is 2.31. The molecule has 2 heterocycles. The van der Waals surface area contributed by atoms with E-state index in [0.717, 1.165) is 26.0 Å². The molecule has 1 atom stereocenters. The Labute approximate surface area is 116 Å². The van der Waals surface area contributed by atoms with Crippen molar-refractivity contribution >= 4 is 28.2 Å². The van der Waals surface area contributed by atoms with Gasteiger partial charge in [-0.2, -0.15) is 0 Å². The van der Waals surface area contributed by atoms with Crippen molar-refractivity contribution in [2.45, 2.75) is 32.2 Å². The number of anilines is 2. The summed E-state index contributed by atoms with van der Waals surface area (Å²) in [7, 11) is 0. The Bertz CT molecular complexity index is 455. The van der Waals surface area contributed by atoms with Crippen LogP contribution in [0.1, 0.15) is 36.4 Å². The molecule has 106 valence electrons. The molecule has 7 heteroatoms. The van der Waals surface area contributed by atoms with Gasteiger partial charge in [0, 0.05) is 13.2 Å². The summed E-state index contributed by atoms with van der Waals surface area (Å²) in [5.41, 5.74) is 5.47. The minimum absolute atomic E-state index is 0.174. The lowest BCUT2D eigenvalue weighted by molar-refractivity contribution is 0.0274. The van der Waals surface area contributed by atoms with E-state index in [4.69, 9.17) is 10.5 Å². The smallest absolute Gasteiger partial charge is 0.265 e. The number of carbonyl (C=O) groups is 1. The average Bonchev–Trinajstić information content (AvgIpc) is 2.71. The van der Waals surface area contributed by atoms with Gasteiger partial charge in [-0.3, -0.25) is 4.79 Å². The molecule has 1 aromatic rings. The Kier molecular flexibility index (Phi) is 4.26.